The van der Waals surface area contributed by atoms with E-state index in [9.17, 15) is 12.3 Å². The van der Waals surface area contributed by atoms with Gasteiger partial charge in [-0.2, -0.15) is 18.4 Å². The highest BCUT2D eigenvalue weighted by atomic mass is 35.5. The molecule has 0 saturated carbocycles. The van der Waals surface area contributed by atoms with Crippen molar-refractivity contribution in [1.82, 2.24) is 25.2 Å². The molecule has 49 heavy (non-hydrogen) atoms. The molecule has 254 valence electrons. The van der Waals surface area contributed by atoms with Crippen LogP contribution in [0.1, 0.15) is 19.3 Å². The van der Waals surface area contributed by atoms with E-state index >= 15 is 4.39 Å². The lowest BCUT2D eigenvalue weighted by molar-refractivity contribution is 0.102. The van der Waals surface area contributed by atoms with E-state index in [2.05, 4.69) is 25.1 Å². The first-order valence-corrected chi connectivity index (χ1v) is 18.0. The van der Waals surface area contributed by atoms with Crippen LogP contribution in [0, 0.1) is 5.82 Å². The van der Waals surface area contributed by atoms with Gasteiger partial charge in [0.2, 0.25) is 0 Å². The fourth-order valence-corrected chi connectivity index (χ4v) is 8.14. The summed E-state index contributed by atoms with van der Waals surface area (Å²) in [6.45, 7) is 2.21. The van der Waals surface area contributed by atoms with Crippen LogP contribution in [0.4, 0.5) is 14.1 Å². The second-order valence-electron chi connectivity index (χ2n) is 12.9. The summed E-state index contributed by atoms with van der Waals surface area (Å²) >= 11 is 6.61. The minimum absolute atomic E-state index is 0.0185. The van der Waals surface area contributed by atoms with Gasteiger partial charge in [-0.25, -0.2) is 4.39 Å². The van der Waals surface area contributed by atoms with Gasteiger partial charge in [0.15, 0.2) is 5.82 Å². The van der Waals surface area contributed by atoms with Crippen molar-refractivity contribution >= 4 is 49.3 Å². The monoisotopic (exact) mass is 706 g/mol. The van der Waals surface area contributed by atoms with Crippen molar-refractivity contribution < 1.29 is 26.2 Å². The maximum Gasteiger partial charge on any atom is 0.332 e. The second-order valence-corrected chi connectivity index (χ2v) is 14.7. The molecule has 1 N–H and O–H groups in total. The third-order valence-corrected chi connectivity index (χ3v) is 10.9. The molecular formula is C35H33ClF2N6O4S. The van der Waals surface area contributed by atoms with Gasteiger partial charge in [0.1, 0.15) is 40.4 Å². The van der Waals surface area contributed by atoms with E-state index in [0.717, 1.165) is 18.2 Å². The SMILES string of the molecule is CN1CC[C@H](Oc2cccc(S(=O)(=O)F)c2)[C@H]1COc1nc(N2CC3CCC(C2)N3)c2cnc(-c3cccc4cccc(Cl)c34)c(F)c2n1. The standard InChI is InChI=1S/C35H33ClF2N6O4S/c1-43-14-13-29(48-23-7-4-8-24(15-23)49(38,45)46)28(43)19-47-35-41-33-26(34(42-35)44-17-21-11-12-22(18-44)40-21)16-39-32(31(33)37)25-9-2-5-20-6-3-10-27(36)30(20)25/h2-10,15-16,21-22,28-29,40H,11-14,17-19H2,1H3/t21?,22?,28-,29+/m1/s1. The van der Waals surface area contributed by atoms with Crippen molar-refractivity contribution in [2.45, 2.75) is 48.4 Å². The Hall–Kier alpha value is -4.17. The number of likely N-dealkylation sites (N-methyl/N-ethyl adjacent to an activating group) is 1. The number of likely N-dealkylation sites (tertiary alicyclic amines) is 1. The molecule has 3 aliphatic rings. The number of pyridine rings is 1. The molecule has 14 heteroatoms. The van der Waals surface area contributed by atoms with Gasteiger partial charge in [0.05, 0.1) is 11.4 Å². The molecule has 3 aromatic carbocycles. The maximum atomic E-state index is 16.8. The third kappa shape index (κ3) is 6.13. The number of ether oxygens (including phenoxy) is 2. The Labute approximate surface area is 287 Å². The predicted octanol–water partition coefficient (Wildman–Crippen LogP) is 5.77. The number of rotatable bonds is 8. The zero-order valence-corrected chi connectivity index (χ0v) is 28.1. The predicted molar refractivity (Wildman–Crippen MR) is 183 cm³/mol. The second kappa shape index (κ2) is 12.6. The number of anilines is 1. The van der Waals surface area contributed by atoms with E-state index in [1.54, 1.807) is 24.4 Å². The summed E-state index contributed by atoms with van der Waals surface area (Å²) in [7, 11) is -2.96. The molecule has 5 heterocycles. The Morgan fingerprint density at radius 1 is 1.02 bits per heavy atom. The number of aromatic nitrogens is 3. The molecule has 0 radical (unpaired) electrons. The van der Waals surface area contributed by atoms with Crippen LogP contribution in [0.5, 0.6) is 11.8 Å². The van der Waals surface area contributed by atoms with E-state index in [-0.39, 0.29) is 35.6 Å². The quantitative estimate of drug-likeness (QED) is 0.200. The van der Waals surface area contributed by atoms with Crippen LogP contribution >= 0.6 is 11.6 Å². The molecular weight excluding hydrogens is 674 g/mol. The van der Waals surface area contributed by atoms with Crippen molar-refractivity contribution in [1.29, 1.82) is 0 Å². The van der Waals surface area contributed by atoms with Gasteiger partial charge in [-0.1, -0.05) is 48.0 Å². The highest BCUT2D eigenvalue weighted by Gasteiger charge is 2.36. The fraction of sp³-hybridized carbons (Fsp3) is 0.343. The average molecular weight is 707 g/mol. The van der Waals surface area contributed by atoms with Crippen LogP contribution in [0.2, 0.25) is 5.02 Å². The molecule has 0 spiro atoms. The van der Waals surface area contributed by atoms with Gasteiger partial charge in [-0.15, -0.1) is 3.89 Å². The Bertz CT molecular complexity index is 2180. The lowest BCUT2D eigenvalue weighted by Crippen LogP contribution is -2.51. The maximum absolute atomic E-state index is 16.8. The van der Waals surface area contributed by atoms with Crippen molar-refractivity contribution in [3.63, 3.8) is 0 Å². The third-order valence-electron chi connectivity index (χ3n) is 9.79. The van der Waals surface area contributed by atoms with Crippen LogP contribution in [-0.4, -0.2) is 85.8 Å². The van der Waals surface area contributed by atoms with Crippen molar-refractivity contribution in [3.05, 3.63) is 77.7 Å². The van der Waals surface area contributed by atoms with E-state index in [1.165, 1.54) is 18.2 Å². The molecule has 2 aromatic heterocycles. The summed E-state index contributed by atoms with van der Waals surface area (Å²) in [5.41, 5.74) is 0.781. The number of nitrogens with zero attached hydrogens (tertiary/aromatic N) is 5. The van der Waals surface area contributed by atoms with Gasteiger partial charge >= 0.3 is 16.2 Å². The van der Waals surface area contributed by atoms with Crippen LogP contribution < -0.4 is 19.7 Å². The number of piperazine rings is 1. The van der Waals surface area contributed by atoms with Gasteiger partial charge in [0.25, 0.3) is 0 Å². The molecule has 3 fully saturated rings. The first kappa shape index (κ1) is 32.1. The smallest absolute Gasteiger partial charge is 0.332 e. The molecule has 4 atom stereocenters. The Balaban J connectivity index is 1.15. The van der Waals surface area contributed by atoms with E-state index in [4.69, 9.17) is 26.1 Å². The van der Waals surface area contributed by atoms with E-state index in [0.29, 0.717) is 65.3 Å². The largest absolute Gasteiger partial charge is 0.489 e. The van der Waals surface area contributed by atoms with Crippen LogP contribution in [0.3, 0.4) is 0 Å². The highest BCUT2D eigenvalue weighted by Crippen LogP contribution is 2.38. The number of benzene rings is 3. The highest BCUT2D eigenvalue weighted by molar-refractivity contribution is 7.86. The van der Waals surface area contributed by atoms with Crippen molar-refractivity contribution in [2.75, 3.05) is 38.2 Å². The number of hydrogen-bond acceptors (Lipinski definition) is 10. The normalized spacial score (nSPS) is 22.7. The molecule has 0 aliphatic carbocycles. The van der Waals surface area contributed by atoms with E-state index < -0.39 is 27.0 Å². The van der Waals surface area contributed by atoms with Crippen molar-refractivity contribution in [3.8, 4) is 23.0 Å². The van der Waals surface area contributed by atoms with Gasteiger partial charge in [-0.3, -0.25) is 9.88 Å². The summed E-state index contributed by atoms with van der Waals surface area (Å²) in [6.07, 6.45) is 3.98. The minimum Gasteiger partial charge on any atom is -0.489 e. The van der Waals surface area contributed by atoms with Crippen LogP contribution in [0.25, 0.3) is 32.9 Å². The number of halogens is 3. The number of hydrogen-bond donors (Lipinski definition) is 1. The summed E-state index contributed by atoms with van der Waals surface area (Å²) in [5, 5.41) is 6.18. The summed E-state index contributed by atoms with van der Waals surface area (Å²) in [6, 6.07) is 16.8. The van der Waals surface area contributed by atoms with E-state index in [1.807, 2.05) is 31.3 Å². The topological polar surface area (TPSA) is 110 Å². The molecule has 10 nitrogen and oxygen atoms in total. The van der Waals surface area contributed by atoms with Gasteiger partial charge in [0, 0.05) is 60.0 Å². The molecule has 8 rings (SSSR count). The summed E-state index contributed by atoms with van der Waals surface area (Å²) < 4.78 is 65.7. The molecule has 0 amide bonds. The first-order valence-electron chi connectivity index (χ1n) is 16.2. The average Bonchev–Trinajstić information content (AvgIpc) is 3.62. The summed E-state index contributed by atoms with van der Waals surface area (Å²) in [4.78, 5) is 17.8. The van der Waals surface area contributed by atoms with Crippen LogP contribution in [-0.2, 0) is 10.2 Å². The number of nitrogens with one attached hydrogen (secondary N) is 1. The van der Waals surface area contributed by atoms with Gasteiger partial charge < -0.3 is 19.7 Å². The molecule has 3 aliphatic heterocycles. The Morgan fingerprint density at radius 3 is 2.55 bits per heavy atom. The molecule has 2 bridgehead atoms. The summed E-state index contributed by atoms with van der Waals surface area (Å²) in [5.74, 6) is 0.194. The lowest BCUT2D eigenvalue weighted by atomic mass is 10.0. The van der Waals surface area contributed by atoms with Crippen LogP contribution in [0.15, 0.2) is 71.8 Å². The molecule has 3 saturated heterocycles. The Morgan fingerprint density at radius 2 is 1.78 bits per heavy atom. The van der Waals surface area contributed by atoms with Gasteiger partial charge in [-0.05, 0) is 49.9 Å². The zero-order chi connectivity index (χ0) is 33.9. The molecule has 5 aromatic rings. The number of fused-ring (bicyclic) bond motifs is 4. The first-order chi connectivity index (χ1) is 23.6. The molecule has 2 unspecified atom stereocenters. The zero-order valence-electron chi connectivity index (χ0n) is 26.5. The van der Waals surface area contributed by atoms with Crippen molar-refractivity contribution in [2.24, 2.45) is 0 Å². The minimum atomic E-state index is -4.88. The Kier molecular flexibility index (Phi) is 8.25. The fourth-order valence-electron chi connectivity index (χ4n) is 7.36. The lowest BCUT2D eigenvalue weighted by Gasteiger charge is -2.34.